The molecule has 1 amide bonds. The van der Waals surface area contributed by atoms with Gasteiger partial charge in [0.05, 0.1) is 6.10 Å². The van der Waals surface area contributed by atoms with Crippen LogP contribution >= 0.6 is 0 Å². The van der Waals surface area contributed by atoms with E-state index in [1.54, 1.807) is 27.7 Å². The molecule has 1 heterocycles. The molecule has 6 nitrogen and oxygen atoms in total. The molecule has 94 valence electrons. The number of carboxylic acid groups (broad SMARTS) is 1. The van der Waals surface area contributed by atoms with Gasteiger partial charge in [-0.1, -0.05) is 0 Å². The molecule has 7 heteroatoms. The van der Waals surface area contributed by atoms with Crippen molar-refractivity contribution in [2.75, 3.05) is 6.54 Å². The molecule has 1 rings (SSSR count). The Morgan fingerprint density at radius 1 is 1.44 bits per heavy atom. The lowest BCUT2D eigenvalue weighted by Gasteiger charge is -2.47. The summed E-state index contributed by atoms with van der Waals surface area (Å²) in [4.78, 5) is 11.2. The molecule has 1 unspecified atom stereocenters. The van der Waals surface area contributed by atoms with Crippen LogP contribution in [0.2, 0.25) is 0 Å². The highest BCUT2D eigenvalue weighted by molar-refractivity contribution is 7.81. The number of carbonyl (C=O) groups excluding carboxylic acids is 1. The van der Waals surface area contributed by atoms with Gasteiger partial charge in [0.25, 0.3) is 6.09 Å². The van der Waals surface area contributed by atoms with Crippen molar-refractivity contribution >= 4 is 16.4 Å². The summed E-state index contributed by atoms with van der Waals surface area (Å²) < 4.78 is 27.5. The van der Waals surface area contributed by atoms with Crippen molar-refractivity contribution in [2.24, 2.45) is 0 Å². The maximum absolute atomic E-state index is 11.9. The molecule has 1 fully saturated rings. The van der Waals surface area contributed by atoms with Gasteiger partial charge in [-0.15, -0.1) is 12.3 Å². The number of nitrogens with zero attached hydrogens (tertiary/aromatic N) is 1. The van der Waals surface area contributed by atoms with Crippen LogP contribution in [0.25, 0.3) is 0 Å². The van der Waals surface area contributed by atoms with Crippen molar-refractivity contribution < 1.29 is 26.4 Å². The van der Waals surface area contributed by atoms with E-state index in [0.717, 1.165) is 0 Å². The minimum atomic E-state index is -4.22. The zero-order chi connectivity index (χ0) is 12.8. The number of hydrogen-bond acceptors (Lipinski definition) is 5. The van der Waals surface area contributed by atoms with E-state index in [1.165, 1.54) is 0 Å². The average molecular weight is 251 g/mol. The number of quaternary nitrogens is 1. The monoisotopic (exact) mass is 251 g/mol. The molecule has 0 aromatic heterocycles. The maximum Gasteiger partial charge on any atom is 0.442 e. The number of carbonyl (C=O) groups is 1. The Balaban J connectivity index is 3.38. The van der Waals surface area contributed by atoms with Gasteiger partial charge in [0.2, 0.25) is 0 Å². The van der Waals surface area contributed by atoms with Gasteiger partial charge in [0.1, 0.15) is 12.1 Å². The molecular weight excluding hydrogens is 234 g/mol. The molecule has 1 aliphatic heterocycles. The Bertz CT molecular complexity index is 397. The van der Waals surface area contributed by atoms with Gasteiger partial charge >= 0.3 is 10.3 Å². The third-order valence-electron chi connectivity index (χ3n) is 2.90. The molecule has 0 saturated carbocycles. The topological polar surface area (TPSA) is 83.5 Å². The Hall–Kier alpha value is -0.660. The quantitative estimate of drug-likeness (QED) is 0.566. The van der Waals surface area contributed by atoms with Crippen molar-refractivity contribution in [1.82, 2.24) is 0 Å². The van der Waals surface area contributed by atoms with E-state index in [9.17, 15) is 18.3 Å². The van der Waals surface area contributed by atoms with Crippen LogP contribution in [0.1, 0.15) is 34.1 Å². The first kappa shape index (κ1) is 13.4. The van der Waals surface area contributed by atoms with Gasteiger partial charge in [-0.05, 0) is 27.7 Å². The Morgan fingerprint density at radius 2 is 1.94 bits per heavy atom. The fourth-order valence-corrected chi connectivity index (χ4v) is 3.77. The second kappa shape index (κ2) is 3.68. The number of rotatable bonds is 0. The summed E-state index contributed by atoms with van der Waals surface area (Å²) in [6, 6.07) is 0. The molecule has 0 N–H and O–H groups in total. The second-order valence-corrected chi connectivity index (χ2v) is 6.69. The van der Waals surface area contributed by atoms with E-state index >= 15 is 0 Å². The van der Waals surface area contributed by atoms with E-state index in [4.69, 9.17) is 4.18 Å². The van der Waals surface area contributed by atoms with Crippen molar-refractivity contribution in [3.63, 3.8) is 0 Å². The van der Waals surface area contributed by atoms with Crippen molar-refractivity contribution in [3.8, 4) is 0 Å². The van der Waals surface area contributed by atoms with E-state index in [2.05, 4.69) is 0 Å². The summed E-state index contributed by atoms with van der Waals surface area (Å²) in [6.07, 6.45) is -1.76. The Labute approximate surface area is 95.7 Å². The van der Waals surface area contributed by atoms with E-state index in [1.807, 2.05) is 0 Å². The molecule has 1 saturated heterocycles. The summed E-state index contributed by atoms with van der Waals surface area (Å²) in [6.45, 7) is 6.19. The normalized spacial score (nSPS) is 34.6. The van der Waals surface area contributed by atoms with Crippen molar-refractivity contribution in [1.29, 1.82) is 0 Å². The van der Waals surface area contributed by atoms with Gasteiger partial charge in [0, 0.05) is 6.42 Å². The molecule has 16 heavy (non-hydrogen) atoms. The first-order valence-electron chi connectivity index (χ1n) is 5.08. The van der Waals surface area contributed by atoms with Gasteiger partial charge in [-0.2, -0.15) is 0 Å². The summed E-state index contributed by atoms with van der Waals surface area (Å²) in [5.41, 5.74) is -1.03. The molecular formula is C9H17NO5S. The third kappa shape index (κ3) is 1.72. The van der Waals surface area contributed by atoms with Crippen LogP contribution in [0.5, 0.6) is 0 Å². The van der Waals surface area contributed by atoms with Crippen LogP contribution in [0.4, 0.5) is 4.79 Å². The van der Waals surface area contributed by atoms with Gasteiger partial charge in [0.15, 0.2) is 0 Å². The van der Waals surface area contributed by atoms with Crippen LogP contribution in [0, 0.1) is 0 Å². The largest absolute Gasteiger partial charge is 0.497 e. The van der Waals surface area contributed by atoms with Gasteiger partial charge in [-0.25, -0.2) is 4.18 Å². The van der Waals surface area contributed by atoms with Crippen LogP contribution in [-0.4, -0.2) is 36.6 Å². The highest BCUT2D eigenvalue weighted by atomic mass is 32.2. The molecule has 1 aliphatic rings. The minimum absolute atomic E-state index is 0.0324. The van der Waals surface area contributed by atoms with E-state index < -0.39 is 31.9 Å². The molecule has 2 atom stereocenters. The smallest absolute Gasteiger partial charge is 0.442 e. The van der Waals surface area contributed by atoms with E-state index in [-0.39, 0.29) is 6.54 Å². The summed E-state index contributed by atoms with van der Waals surface area (Å²) in [5, 5.41) is 11.2. The molecule has 0 radical (unpaired) electrons. The summed E-state index contributed by atoms with van der Waals surface area (Å²) >= 11 is 0. The molecule has 0 bridgehead atoms. The summed E-state index contributed by atoms with van der Waals surface area (Å²) in [7, 11) is -4.22. The van der Waals surface area contributed by atoms with Crippen LogP contribution < -0.4 is 5.11 Å². The van der Waals surface area contributed by atoms with Crippen LogP contribution in [0.15, 0.2) is 0 Å². The average Bonchev–Trinajstić information content (AvgIpc) is 1.97. The number of amides is 1. The Kier molecular flexibility index (Phi) is 3.08. The fraction of sp³-hybridized carbons (Fsp3) is 0.889. The standard InChI is InChI=1S/C9H17NO5S/c1-7-5-6-10(8(11)12,9(2,3)4)16(13,14)15-7/h7H,5-6H2,1-4H3/t7-,10?/m1/s1. The molecule has 0 aromatic carbocycles. The maximum atomic E-state index is 11.9. The fourth-order valence-electron chi connectivity index (χ4n) is 1.93. The molecule has 0 spiro atoms. The van der Waals surface area contributed by atoms with Crippen molar-refractivity contribution in [3.05, 3.63) is 0 Å². The summed E-state index contributed by atoms with van der Waals surface area (Å²) in [5.74, 6) is 0. The number of hydrogen-bond donors (Lipinski definition) is 0. The first-order valence-corrected chi connectivity index (χ1v) is 6.44. The first-order chi connectivity index (χ1) is 7.04. The predicted octanol–water partition coefficient (Wildman–Crippen LogP) is -0.00140. The third-order valence-corrected chi connectivity index (χ3v) is 5.11. The second-order valence-electron chi connectivity index (χ2n) is 5.02. The van der Waals surface area contributed by atoms with Crippen LogP contribution in [0.3, 0.4) is 0 Å². The van der Waals surface area contributed by atoms with Crippen molar-refractivity contribution in [2.45, 2.75) is 45.8 Å². The SMILES string of the molecule is C[C@@H]1CC[N+](C(=O)[O-])(C(C)(C)C)S(=O)(=O)O1. The lowest BCUT2D eigenvalue weighted by molar-refractivity contribution is -0.815. The minimum Gasteiger partial charge on any atom is -0.497 e. The highest BCUT2D eigenvalue weighted by Gasteiger charge is 2.57. The lowest BCUT2D eigenvalue weighted by atomic mass is 10.1. The molecule has 0 aliphatic carbocycles. The van der Waals surface area contributed by atoms with Gasteiger partial charge < -0.3 is 9.90 Å². The lowest BCUT2D eigenvalue weighted by Crippen LogP contribution is -2.72. The zero-order valence-electron chi connectivity index (χ0n) is 9.89. The highest BCUT2D eigenvalue weighted by Crippen LogP contribution is 2.35. The van der Waals surface area contributed by atoms with E-state index in [0.29, 0.717) is 6.42 Å². The van der Waals surface area contributed by atoms with Gasteiger partial charge in [-0.3, -0.25) is 0 Å². The van der Waals surface area contributed by atoms with Crippen LogP contribution in [-0.2, 0) is 14.5 Å². The Morgan fingerprint density at radius 3 is 2.25 bits per heavy atom. The zero-order valence-corrected chi connectivity index (χ0v) is 10.7. The predicted molar refractivity (Wildman–Crippen MR) is 54.4 cm³/mol. The molecule has 0 aromatic rings.